The van der Waals surface area contributed by atoms with Crippen molar-refractivity contribution in [3.05, 3.63) is 85.3 Å². The summed E-state index contributed by atoms with van der Waals surface area (Å²) in [5, 5.41) is 0. The normalized spacial score (nSPS) is 10.8. The number of imidazole rings is 1. The number of ether oxygens (including phenoxy) is 2. The van der Waals surface area contributed by atoms with Crippen LogP contribution in [0.4, 0.5) is 11.5 Å². The summed E-state index contributed by atoms with van der Waals surface area (Å²) < 4.78 is 11.0. The number of nitrogens with one attached hydrogen (secondary N) is 1. The summed E-state index contributed by atoms with van der Waals surface area (Å²) in [6.45, 7) is 0.484. The molecule has 5 rings (SSSR count). The van der Waals surface area contributed by atoms with Gasteiger partial charge < -0.3 is 19.4 Å². The van der Waals surface area contributed by atoms with E-state index in [1.54, 1.807) is 32.8 Å². The molecule has 0 radical (unpaired) electrons. The summed E-state index contributed by atoms with van der Waals surface area (Å²) in [4.78, 5) is 23.4. The van der Waals surface area contributed by atoms with Gasteiger partial charge in [-0.3, -0.25) is 9.97 Å². The fraction of sp³-hybridized carbons (Fsp3) is 0.120. The van der Waals surface area contributed by atoms with E-state index in [1.807, 2.05) is 60.9 Å². The van der Waals surface area contributed by atoms with E-state index in [0.29, 0.717) is 18.0 Å². The second-order valence-electron chi connectivity index (χ2n) is 7.37. The summed E-state index contributed by atoms with van der Waals surface area (Å²) in [5.41, 5.74) is 4.41. The average Bonchev–Trinajstić information content (AvgIpc) is 3.40. The molecule has 0 saturated heterocycles. The van der Waals surface area contributed by atoms with Crippen LogP contribution in [0, 0.1) is 0 Å². The first-order chi connectivity index (χ1) is 16.2. The molecule has 0 saturated carbocycles. The molecular weight excluding hydrogens is 416 g/mol. The molecule has 8 nitrogen and oxygen atoms in total. The zero-order valence-electron chi connectivity index (χ0n) is 18.3. The molecule has 164 valence electrons. The van der Waals surface area contributed by atoms with Crippen LogP contribution in [0.5, 0.6) is 11.5 Å². The van der Waals surface area contributed by atoms with Crippen LogP contribution in [0.3, 0.4) is 0 Å². The zero-order chi connectivity index (χ0) is 22.6. The lowest BCUT2D eigenvalue weighted by Crippen LogP contribution is -2.19. The number of aromatic amines is 1. The molecule has 0 bridgehead atoms. The van der Waals surface area contributed by atoms with Crippen molar-refractivity contribution >= 4 is 22.5 Å². The fourth-order valence-electron chi connectivity index (χ4n) is 3.62. The minimum atomic E-state index is 0.484. The number of nitrogens with zero attached hydrogens (tertiary/aromatic N) is 5. The van der Waals surface area contributed by atoms with Crippen molar-refractivity contribution in [1.29, 1.82) is 0 Å². The predicted octanol–water partition coefficient (Wildman–Crippen LogP) is 4.77. The van der Waals surface area contributed by atoms with Crippen molar-refractivity contribution in [2.75, 3.05) is 19.1 Å². The standard InChI is InChI=1S/C25H22N6O2/c1-32-20-11-19(12-21(13-20)33-2)31(16-24-27-8-9-28-24)25-6-5-22-23(30-25)10-18(15-29-22)17-4-3-7-26-14-17/h3-15H,16H2,1-2H3,(H,27,28). The number of H-pyrrole nitrogens is 1. The molecule has 0 atom stereocenters. The fourth-order valence-corrected chi connectivity index (χ4v) is 3.62. The largest absolute Gasteiger partial charge is 0.497 e. The first kappa shape index (κ1) is 20.4. The van der Waals surface area contributed by atoms with Crippen LogP contribution in [0.25, 0.3) is 22.2 Å². The van der Waals surface area contributed by atoms with Crippen LogP contribution in [0.1, 0.15) is 5.82 Å². The summed E-state index contributed by atoms with van der Waals surface area (Å²) in [6, 6.07) is 15.6. The zero-order valence-corrected chi connectivity index (χ0v) is 18.3. The second-order valence-corrected chi connectivity index (χ2v) is 7.37. The van der Waals surface area contributed by atoms with Gasteiger partial charge >= 0.3 is 0 Å². The molecule has 0 unspecified atom stereocenters. The summed E-state index contributed by atoms with van der Waals surface area (Å²) in [6.07, 6.45) is 8.95. The minimum Gasteiger partial charge on any atom is -0.497 e. The molecule has 0 aliphatic carbocycles. The summed E-state index contributed by atoms with van der Waals surface area (Å²) in [7, 11) is 3.27. The van der Waals surface area contributed by atoms with E-state index in [2.05, 4.69) is 24.8 Å². The molecule has 33 heavy (non-hydrogen) atoms. The third kappa shape index (κ3) is 4.31. The second kappa shape index (κ2) is 8.96. The van der Waals surface area contributed by atoms with Crippen molar-refractivity contribution in [1.82, 2.24) is 24.9 Å². The van der Waals surface area contributed by atoms with Gasteiger partial charge in [-0.25, -0.2) is 9.97 Å². The van der Waals surface area contributed by atoms with E-state index >= 15 is 0 Å². The Hall–Kier alpha value is -4.46. The number of benzene rings is 1. The highest BCUT2D eigenvalue weighted by molar-refractivity contribution is 5.82. The minimum absolute atomic E-state index is 0.484. The van der Waals surface area contributed by atoms with Crippen molar-refractivity contribution < 1.29 is 9.47 Å². The maximum Gasteiger partial charge on any atom is 0.134 e. The highest BCUT2D eigenvalue weighted by Gasteiger charge is 2.16. The molecule has 0 fully saturated rings. The Bertz CT molecular complexity index is 1350. The molecule has 0 aliphatic rings. The number of hydrogen-bond donors (Lipinski definition) is 1. The SMILES string of the molecule is COc1cc(OC)cc(N(Cc2ncc[nH]2)c2ccc3ncc(-c4cccnc4)cc3n2)c1. The lowest BCUT2D eigenvalue weighted by atomic mass is 10.1. The molecule has 8 heteroatoms. The highest BCUT2D eigenvalue weighted by Crippen LogP contribution is 2.34. The first-order valence-corrected chi connectivity index (χ1v) is 10.4. The average molecular weight is 438 g/mol. The molecule has 1 N–H and O–H groups in total. The van der Waals surface area contributed by atoms with Crippen LogP contribution in [0.15, 0.2) is 79.5 Å². The molecule has 5 aromatic rings. The molecule has 4 heterocycles. The molecule has 0 amide bonds. The number of rotatable bonds is 7. The molecule has 4 aromatic heterocycles. The van der Waals surface area contributed by atoms with E-state index in [4.69, 9.17) is 14.5 Å². The maximum atomic E-state index is 5.49. The number of hydrogen-bond acceptors (Lipinski definition) is 7. The quantitative estimate of drug-likeness (QED) is 0.391. The predicted molar refractivity (Wildman–Crippen MR) is 127 cm³/mol. The summed E-state index contributed by atoms with van der Waals surface area (Å²) in [5.74, 6) is 2.94. The van der Waals surface area contributed by atoms with E-state index in [1.165, 1.54) is 0 Å². The van der Waals surface area contributed by atoms with Gasteiger partial charge in [0.25, 0.3) is 0 Å². The number of aromatic nitrogens is 5. The summed E-state index contributed by atoms with van der Waals surface area (Å²) >= 11 is 0. The maximum absolute atomic E-state index is 5.49. The smallest absolute Gasteiger partial charge is 0.134 e. The Morgan fingerprint density at radius 1 is 0.848 bits per heavy atom. The van der Waals surface area contributed by atoms with E-state index in [9.17, 15) is 0 Å². The van der Waals surface area contributed by atoms with Crippen LogP contribution in [0.2, 0.25) is 0 Å². The number of pyridine rings is 3. The van der Waals surface area contributed by atoms with Gasteiger partial charge in [-0.1, -0.05) is 6.07 Å². The molecule has 0 spiro atoms. The first-order valence-electron chi connectivity index (χ1n) is 10.4. The van der Waals surface area contributed by atoms with E-state index in [0.717, 1.165) is 39.5 Å². The van der Waals surface area contributed by atoms with Gasteiger partial charge in [-0.2, -0.15) is 0 Å². The van der Waals surface area contributed by atoms with Crippen molar-refractivity contribution in [3.8, 4) is 22.6 Å². The number of methoxy groups -OCH3 is 2. The Labute approximate surface area is 190 Å². The topological polar surface area (TPSA) is 89.0 Å². The third-order valence-corrected chi connectivity index (χ3v) is 5.30. The van der Waals surface area contributed by atoms with Gasteiger partial charge in [0.05, 0.1) is 37.5 Å². The number of anilines is 2. The third-order valence-electron chi connectivity index (χ3n) is 5.30. The molecular formula is C25H22N6O2. The number of fused-ring (bicyclic) bond motifs is 1. The van der Waals surface area contributed by atoms with Gasteiger partial charge in [-0.15, -0.1) is 0 Å². The lowest BCUT2D eigenvalue weighted by Gasteiger charge is -2.24. The Morgan fingerprint density at radius 2 is 1.70 bits per heavy atom. The Morgan fingerprint density at radius 3 is 2.39 bits per heavy atom. The Kier molecular flexibility index (Phi) is 5.55. The van der Waals surface area contributed by atoms with Crippen LogP contribution < -0.4 is 14.4 Å². The Balaban J connectivity index is 1.62. The van der Waals surface area contributed by atoms with Crippen LogP contribution in [-0.4, -0.2) is 39.1 Å². The van der Waals surface area contributed by atoms with Gasteiger partial charge in [-0.05, 0) is 24.3 Å². The van der Waals surface area contributed by atoms with Crippen LogP contribution >= 0.6 is 0 Å². The van der Waals surface area contributed by atoms with E-state index in [-0.39, 0.29) is 0 Å². The van der Waals surface area contributed by atoms with E-state index < -0.39 is 0 Å². The van der Waals surface area contributed by atoms with Crippen molar-refractivity contribution in [2.45, 2.75) is 6.54 Å². The monoisotopic (exact) mass is 438 g/mol. The van der Waals surface area contributed by atoms with Crippen molar-refractivity contribution in [3.63, 3.8) is 0 Å². The van der Waals surface area contributed by atoms with Gasteiger partial charge in [0, 0.05) is 60.3 Å². The molecule has 1 aromatic carbocycles. The van der Waals surface area contributed by atoms with Gasteiger partial charge in [0.2, 0.25) is 0 Å². The highest BCUT2D eigenvalue weighted by atomic mass is 16.5. The lowest BCUT2D eigenvalue weighted by molar-refractivity contribution is 0.394. The molecule has 0 aliphatic heterocycles. The van der Waals surface area contributed by atoms with Crippen LogP contribution in [-0.2, 0) is 6.54 Å². The van der Waals surface area contributed by atoms with Gasteiger partial charge in [0.15, 0.2) is 0 Å². The van der Waals surface area contributed by atoms with Crippen molar-refractivity contribution in [2.24, 2.45) is 0 Å². The van der Waals surface area contributed by atoms with Gasteiger partial charge in [0.1, 0.15) is 23.1 Å².